The van der Waals surface area contributed by atoms with Gasteiger partial charge in [-0.2, -0.15) is 11.8 Å². The second kappa shape index (κ2) is 7.47. The van der Waals surface area contributed by atoms with Gasteiger partial charge in [-0.25, -0.2) is 0 Å². The highest BCUT2D eigenvalue weighted by Crippen LogP contribution is 2.41. The zero-order valence-electron chi connectivity index (χ0n) is 12.6. The lowest BCUT2D eigenvalue weighted by Gasteiger charge is -2.40. The monoisotopic (exact) mass is 326 g/mol. The van der Waals surface area contributed by atoms with E-state index in [1.807, 2.05) is 23.1 Å². The van der Waals surface area contributed by atoms with E-state index in [1.54, 1.807) is 0 Å². The Morgan fingerprint density at radius 1 is 1.52 bits per heavy atom. The van der Waals surface area contributed by atoms with Crippen LogP contribution in [0.3, 0.4) is 0 Å². The minimum Gasteiger partial charge on any atom is -0.374 e. The third kappa shape index (κ3) is 4.02. The second-order valence-electron chi connectivity index (χ2n) is 6.33. The van der Waals surface area contributed by atoms with Crippen LogP contribution in [-0.2, 0) is 11.2 Å². The van der Waals surface area contributed by atoms with Crippen molar-refractivity contribution in [3.8, 4) is 0 Å². The van der Waals surface area contributed by atoms with Crippen molar-refractivity contribution in [3.63, 3.8) is 0 Å². The van der Waals surface area contributed by atoms with Gasteiger partial charge in [-0.1, -0.05) is 6.07 Å². The summed E-state index contributed by atoms with van der Waals surface area (Å²) in [6.45, 7) is 0.911. The van der Waals surface area contributed by atoms with E-state index >= 15 is 0 Å². The summed E-state index contributed by atoms with van der Waals surface area (Å²) in [4.78, 5) is 1.49. The third-order valence-corrected chi connectivity index (χ3v) is 7.06. The van der Waals surface area contributed by atoms with Gasteiger partial charge in [-0.15, -0.1) is 11.3 Å². The first-order chi connectivity index (χ1) is 10.3. The third-order valence-electron chi connectivity index (χ3n) is 4.90. The molecular weight excluding hydrogens is 300 g/mol. The molecule has 2 aliphatic rings. The summed E-state index contributed by atoms with van der Waals surface area (Å²) in [5, 5.41) is 2.16. The molecule has 0 radical (unpaired) electrons. The van der Waals surface area contributed by atoms with Crippen LogP contribution in [0.5, 0.6) is 0 Å². The molecule has 1 aromatic rings. The Labute approximate surface area is 136 Å². The van der Waals surface area contributed by atoms with Crippen LogP contribution < -0.4 is 11.3 Å². The van der Waals surface area contributed by atoms with E-state index in [0.29, 0.717) is 12.0 Å². The molecule has 118 valence electrons. The van der Waals surface area contributed by atoms with Crippen LogP contribution in [0.15, 0.2) is 17.5 Å². The topological polar surface area (TPSA) is 47.3 Å². The molecule has 1 spiro atoms. The van der Waals surface area contributed by atoms with Gasteiger partial charge in [0.2, 0.25) is 0 Å². The lowest BCUT2D eigenvalue weighted by atomic mass is 9.80. The van der Waals surface area contributed by atoms with E-state index in [1.165, 1.54) is 48.5 Å². The van der Waals surface area contributed by atoms with E-state index in [0.717, 1.165) is 13.0 Å². The Kier molecular flexibility index (Phi) is 5.62. The largest absolute Gasteiger partial charge is 0.374 e. The predicted octanol–water partition coefficient (Wildman–Crippen LogP) is 3.21. The molecule has 3 atom stereocenters. The van der Waals surface area contributed by atoms with E-state index in [4.69, 9.17) is 10.6 Å². The van der Waals surface area contributed by atoms with Crippen molar-refractivity contribution < 1.29 is 4.74 Å². The Balaban J connectivity index is 1.50. The first kappa shape index (κ1) is 15.8. The first-order valence-corrected chi connectivity index (χ1v) is 10.0. The van der Waals surface area contributed by atoms with Gasteiger partial charge in [-0.3, -0.25) is 11.3 Å². The summed E-state index contributed by atoms with van der Waals surface area (Å²) in [5.74, 6) is 8.96. The van der Waals surface area contributed by atoms with Crippen LogP contribution >= 0.6 is 23.1 Å². The van der Waals surface area contributed by atoms with Crippen molar-refractivity contribution in [3.05, 3.63) is 22.4 Å². The molecule has 0 bridgehead atoms. The zero-order chi connectivity index (χ0) is 14.5. The van der Waals surface area contributed by atoms with Gasteiger partial charge in [0.05, 0.1) is 5.60 Å². The maximum Gasteiger partial charge on any atom is 0.0783 e. The van der Waals surface area contributed by atoms with E-state index in [9.17, 15) is 0 Å². The average molecular weight is 327 g/mol. The van der Waals surface area contributed by atoms with Gasteiger partial charge in [0.25, 0.3) is 0 Å². The molecular formula is C16H26N2OS2. The minimum atomic E-state index is 0.163. The van der Waals surface area contributed by atoms with Crippen LogP contribution in [0, 0.1) is 5.92 Å². The molecule has 3 heterocycles. The maximum absolute atomic E-state index is 6.13. The Hall–Kier alpha value is -0.0700. The first-order valence-electron chi connectivity index (χ1n) is 8.01. The van der Waals surface area contributed by atoms with Crippen LogP contribution in [-0.4, -0.2) is 29.8 Å². The number of nitrogens with one attached hydrogen (secondary N) is 1. The van der Waals surface area contributed by atoms with E-state index in [-0.39, 0.29) is 5.60 Å². The summed E-state index contributed by atoms with van der Waals surface area (Å²) in [7, 11) is 0. The number of thioether (sulfide) groups is 1. The molecule has 2 saturated heterocycles. The molecule has 3 rings (SSSR count). The van der Waals surface area contributed by atoms with Crippen molar-refractivity contribution in [1.82, 2.24) is 5.43 Å². The number of ether oxygens (including phenoxy) is 1. The van der Waals surface area contributed by atoms with Crippen LogP contribution in [0.4, 0.5) is 0 Å². The molecule has 0 aromatic carbocycles. The molecule has 5 heteroatoms. The highest BCUT2D eigenvalue weighted by atomic mass is 32.2. The van der Waals surface area contributed by atoms with Crippen molar-refractivity contribution in [2.75, 3.05) is 18.1 Å². The molecule has 0 saturated carbocycles. The summed E-state index contributed by atoms with van der Waals surface area (Å²) in [6, 6.07) is 4.81. The number of rotatable bonds is 6. The van der Waals surface area contributed by atoms with E-state index < -0.39 is 0 Å². The fraction of sp³-hybridized carbons (Fsp3) is 0.750. The summed E-state index contributed by atoms with van der Waals surface area (Å²) in [6.07, 6.45) is 7.13. The quantitative estimate of drug-likeness (QED) is 0.622. The van der Waals surface area contributed by atoms with Crippen molar-refractivity contribution in [2.24, 2.45) is 11.8 Å². The summed E-state index contributed by atoms with van der Waals surface area (Å²) >= 11 is 3.90. The Bertz CT molecular complexity index is 418. The van der Waals surface area contributed by atoms with Gasteiger partial charge in [-0.05, 0) is 61.6 Å². The lowest BCUT2D eigenvalue weighted by Crippen LogP contribution is -2.48. The average Bonchev–Trinajstić information content (AvgIpc) is 3.16. The minimum absolute atomic E-state index is 0.163. The highest BCUT2D eigenvalue weighted by molar-refractivity contribution is 7.99. The fourth-order valence-corrected chi connectivity index (χ4v) is 5.81. The Morgan fingerprint density at radius 2 is 2.48 bits per heavy atom. The van der Waals surface area contributed by atoms with Crippen molar-refractivity contribution in [2.45, 2.75) is 50.2 Å². The normalized spacial score (nSPS) is 30.8. The smallest absolute Gasteiger partial charge is 0.0783 e. The number of nitrogens with two attached hydrogens (primary N) is 1. The number of thiophene rings is 1. The number of hydrogen-bond acceptors (Lipinski definition) is 5. The van der Waals surface area contributed by atoms with Gasteiger partial charge >= 0.3 is 0 Å². The molecule has 0 aliphatic carbocycles. The molecule has 0 amide bonds. The summed E-state index contributed by atoms with van der Waals surface area (Å²) in [5.41, 5.74) is 3.26. The Morgan fingerprint density at radius 3 is 3.19 bits per heavy atom. The van der Waals surface area contributed by atoms with Crippen LogP contribution in [0.25, 0.3) is 0 Å². The van der Waals surface area contributed by atoms with Crippen molar-refractivity contribution >= 4 is 23.1 Å². The second-order valence-corrected chi connectivity index (χ2v) is 8.47. The van der Waals surface area contributed by atoms with Crippen LogP contribution in [0.2, 0.25) is 0 Å². The molecule has 3 unspecified atom stereocenters. The van der Waals surface area contributed by atoms with Gasteiger partial charge in [0.1, 0.15) is 0 Å². The van der Waals surface area contributed by atoms with E-state index in [2.05, 4.69) is 22.9 Å². The van der Waals surface area contributed by atoms with Crippen molar-refractivity contribution in [1.29, 1.82) is 0 Å². The SMILES string of the molecule is NNC(CCCc1cccs1)C1CCOC2(CCSC2)C1. The van der Waals surface area contributed by atoms with Gasteiger partial charge < -0.3 is 4.74 Å². The molecule has 2 aliphatic heterocycles. The molecule has 3 nitrogen and oxygen atoms in total. The molecule has 3 N–H and O–H groups in total. The molecule has 21 heavy (non-hydrogen) atoms. The number of hydrogen-bond donors (Lipinski definition) is 2. The maximum atomic E-state index is 6.13. The number of aryl methyl sites for hydroxylation is 1. The fourth-order valence-electron chi connectivity index (χ4n) is 3.68. The van der Waals surface area contributed by atoms with Gasteiger partial charge in [0, 0.05) is 23.3 Å². The van der Waals surface area contributed by atoms with Crippen LogP contribution in [0.1, 0.15) is 37.0 Å². The summed E-state index contributed by atoms with van der Waals surface area (Å²) < 4.78 is 6.13. The molecule has 1 aromatic heterocycles. The highest BCUT2D eigenvalue weighted by Gasteiger charge is 2.42. The number of hydrazine groups is 1. The lowest BCUT2D eigenvalue weighted by molar-refractivity contribution is -0.0855. The zero-order valence-corrected chi connectivity index (χ0v) is 14.2. The predicted molar refractivity (Wildman–Crippen MR) is 91.7 cm³/mol. The van der Waals surface area contributed by atoms with Gasteiger partial charge in [0.15, 0.2) is 0 Å². The standard InChI is InChI=1S/C16H26N2OS2/c17-18-15(5-1-3-14-4-2-9-21-14)13-6-8-19-16(11-13)7-10-20-12-16/h2,4,9,13,15,18H,1,3,5-8,10-12,17H2. The molecule has 2 fully saturated rings.